The van der Waals surface area contributed by atoms with Crippen LogP contribution in [0.1, 0.15) is 17.0 Å². The van der Waals surface area contributed by atoms with E-state index in [-0.39, 0.29) is 28.2 Å². The number of hydrogen-bond acceptors (Lipinski definition) is 3. The van der Waals surface area contributed by atoms with Crippen molar-refractivity contribution in [1.29, 1.82) is 0 Å². The van der Waals surface area contributed by atoms with Gasteiger partial charge in [-0.1, -0.05) is 34.8 Å². The van der Waals surface area contributed by atoms with Gasteiger partial charge in [0.15, 0.2) is 6.61 Å². The van der Waals surface area contributed by atoms with Crippen molar-refractivity contribution in [2.45, 2.75) is 13.8 Å². The van der Waals surface area contributed by atoms with Crippen LogP contribution < -0.4 is 10.2 Å². The number of nitrogens with zero attached hydrogens (tertiary/aromatic N) is 2. The smallest absolute Gasteiger partial charge is 0.277 e. The SMILES string of the molecule is Cc1cc(C=NNC(=O)COc2cc(Cl)cc(Cl)c2Cl)c(C)n1-c1ccc(F)cc1. The first-order valence-corrected chi connectivity index (χ1v) is 9.94. The fraction of sp³-hybridized carbons (Fsp3) is 0.143. The number of halogens is 4. The molecular formula is C21H17Cl3FN3O2. The van der Waals surface area contributed by atoms with Gasteiger partial charge in [0.1, 0.15) is 16.6 Å². The van der Waals surface area contributed by atoms with Crippen LogP contribution in [0.15, 0.2) is 47.6 Å². The van der Waals surface area contributed by atoms with Gasteiger partial charge in [0.05, 0.1) is 11.2 Å². The summed E-state index contributed by atoms with van der Waals surface area (Å²) >= 11 is 17.9. The molecule has 0 spiro atoms. The van der Waals surface area contributed by atoms with E-state index in [1.807, 2.05) is 24.5 Å². The van der Waals surface area contributed by atoms with Crippen LogP contribution in [-0.2, 0) is 4.79 Å². The van der Waals surface area contributed by atoms with Crippen molar-refractivity contribution in [3.05, 3.63) is 80.3 Å². The molecule has 0 aliphatic rings. The number of hydrazone groups is 1. The third-order valence-corrected chi connectivity index (χ3v) is 5.27. The van der Waals surface area contributed by atoms with E-state index in [0.717, 1.165) is 22.6 Å². The van der Waals surface area contributed by atoms with Crippen molar-refractivity contribution in [3.8, 4) is 11.4 Å². The highest BCUT2D eigenvalue weighted by Gasteiger charge is 2.11. The highest BCUT2D eigenvalue weighted by Crippen LogP contribution is 2.35. The highest BCUT2D eigenvalue weighted by atomic mass is 35.5. The van der Waals surface area contributed by atoms with Gasteiger partial charge in [-0.3, -0.25) is 4.79 Å². The van der Waals surface area contributed by atoms with Crippen LogP contribution in [0.4, 0.5) is 4.39 Å². The van der Waals surface area contributed by atoms with Crippen LogP contribution in [0.3, 0.4) is 0 Å². The molecule has 1 heterocycles. The average Bonchev–Trinajstić information content (AvgIpc) is 2.97. The summed E-state index contributed by atoms with van der Waals surface area (Å²) in [6.07, 6.45) is 1.53. The minimum atomic E-state index is -0.481. The zero-order valence-electron chi connectivity index (χ0n) is 16.0. The molecular weight excluding hydrogens is 452 g/mol. The third kappa shape index (κ3) is 5.14. The molecule has 3 aromatic rings. The van der Waals surface area contributed by atoms with Crippen LogP contribution in [0, 0.1) is 19.7 Å². The maximum atomic E-state index is 13.2. The normalized spacial score (nSPS) is 11.1. The van der Waals surface area contributed by atoms with Gasteiger partial charge in [-0.15, -0.1) is 0 Å². The molecule has 0 bridgehead atoms. The van der Waals surface area contributed by atoms with Gasteiger partial charge in [0.2, 0.25) is 0 Å². The fourth-order valence-electron chi connectivity index (χ4n) is 2.89. The molecule has 3 rings (SSSR count). The van der Waals surface area contributed by atoms with Gasteiger partial charge in [-0.05, 0) is 50.2 Å². The largest absolute Gasteiger partial charge is 0.482 e. The molecule has 0 atom stereocenters. The predicted octanol–water partition coefficient (Wildman–Crippen LogP) is 5.72. The van der Waals surface area contributed by atoms with Crippen molar-refractivity contribution in [2.24, 2.45) is 5.10 Å². The Morgan fingerprint density at radius 2 is 1.87 bits per heavy atom. The number of carbonyl (C=O) groups excluding carboxylic acids is 1. The molecule has 0 fully saturated rings. The summed E-state index contributed by atoms with van der Waals surface area (Å²) < 4.78 is 20.5. The lowest BCUT2D eigenvalue weighted by molar-refractivity contribution is -0.123. The molecule has 0 aliphatic heterocycles. The molecule has 1 amide bonds. The lowest BCUT2D eigenvalue weighted by Gasteiger charge is -2.09. The number of hydrogen-bond donors (Lipinski definition) is 1. The summed E-state index contributed by atoms with van der Waals surface area (Å²) in [5, 5.41) is 4.72. The van der Waals surface area contributed by atoms with Crippen LogP contribution in [0.2, 0.25) is 15.1 Å². The summed E-state index contributed by atoms with van der Waals surface area (Å²) in [7, 11) is 0. The Morgan fingerprint density at radius 3 is 2.57 bits per heavy atom. The zero-order chi connectivity index (χ0) is 21.8. The molecule has 156 valence electrons. The number of nitrogens with one attached hydrogen (secondary N) is 1. The summed E-state index contributed by atoms with van der Waals surface area (Å²) in [4.78, 5) is 12.0. The number of aromatic nitrogens is 1. The van der Waals surface area contributed by atoms with E-state index in [9.17, 15) is 9.18 Å². The van der Waals surface area contributed by atoms with Crippen LogP contribution in [-0.4, -0.2) is 23.3 Å². The van der Waals surface area contributed by atoms with Crippen LogP contribution >= 0.6 is 34.8 Å². The van der Waals surface area contributed by atoms with E-state index in [1.165, 1.54) is 30.5 Å². The minimum absolute atomic E-state index is 0.172. The molecule has 1 aromatic heterocycles. The molecule has 0 unspecified atom stereocenters. The van der Waals surface area contributed by atoms with Gasteiger partial charge >= 0.3 is 0 Å². The van der Waals surface area contributed by atoms with E-state index in [1.54, 1.807) is 12.1 Å². The Kier molecular flexibility index (Phi) is 7.02. The summed E-state index contributed by atoms with van der Waals surface area (Å²) in [5.41, 5.74) is 5.88. The zero-order valence-corrected chi connectivity index (χ0v) is 18.3. The maximum Gasteiger partial charge on any atom is 0.277 e. The van der Waals surface area contributed by atoms with Crippen molar-refractivity contribution in [1.82, 2.24) is 9.99 Å². The van der Waals surface area contributed by atoms with Crippen LogP contribution in [0.5, 0.6) is 5.75 Å². The third-order valence-electron chi connectivity index (χ3n) is 4.27. The molecule has 1 N–H and O–H groups in total. The molecule has 30 heavy (non-hydrogen) atoms. The quantitative estimate of drug-likeness (QED) is 0.286. The first kappa shape index (κ1) is 22.2. The average molecular weight is 469 g/mol. The predicted molar refractivity (Wildman–Crippen MR) is 118 cm³/mol. The van der Waals surface area contributed by atoms with Crippen molar-refractivity contribution in [2.75, 3.05) is 6.61 Å². The van der Waals surface area contributed by atoms with Crippen molar-refractivity contribution < 1.29 is 13.9 Å². The standard InChI is InChI=1S/C21H17Cl3FN3O2/c1-12-7-14(13(2)28(12)17-5-3-16(25)4-6-17)10-26-27-20(29)11-30-19-9-15(22)8-18(23)21(19)24/h3-10H,11H2,1-2H3,(H,27,29). The van der Waals surface area contributed by atoms with E-state index < -0.39 is 5.91 Å². The summed E-state index contributed by atoms with van der Waals surface area (Å²) in [6.45, 7) is 3.52. The maximum absolute atomic E-state index is 13.2. The second kappa shape index (κ2) is 9.51. The second-order valence-corrected chi connectivity index (χ2v) is 7.64. The van der Waals surface area contributed by atoms with Gasteiger partial charge in [0.25, 0.3) is 5.91 Å². The van der Waals surface area contributed by atoms with Gasteiger partial charge in [0, 0.05) is 33.7 Å². The lowest BCUT2D eigenvalue weighted by atomic mass is 10.2. The first-order chi connectivity index (χ1) is 14.3. The topological polar surface area (TPSA) is 55.6 Å². The second-order valence-electron chi connectivity index (χ2n) is 6.42. The monoisotopic (exact) mass is 467 g/mol. The van der Waals surface area contributed by atoms with E-state index in [2.05, 4.69) is 10.5 Å². The number of carbonyl (C=O) groups is 1. The van der Waals surface area contributed by atoms with Crippen molar-refractivity contribution in [3.63, 3.8) is 0 Å². The summed E-state index contributed by atoms with van der Waals surface area (Å²) in [5.74, 6) is -0.573. The van der Waals surface area contributed by atoms with E-state index >= 15 is 0 Å². The number of aryl methyl sites for hydroxylation is 1. The lowest BCUT2D eigenvalue weighted by Crippen LogP contribution is -2.24. The Morgan fingerprint density at radius 1 is 1.17 bits per heavy atom. The molecule has 5 nitrogen and oxygen atoms in total. The number of rotatable bonds is 6. The van der Waals surface area contributed by atoms with Gasteiger partial charge in [-0.2, -0.15) is 5.10 Å². The van der Waals surface area contributed by atoms with E-state index in [0.29, 0.717) is 5.02 Å². The fourth-order valence-corrected chi connectivity index (χ4v) is 3.53. The Hall–Kier alpha value is -2.54. The van der Waals surface area contributed by atoms with Crippen LogP contribution in [0.25, 0.3) is 5.69 Å². The first-order valence-electron chi connectivity index (χ1n) is 8.80. The Labute approximate surface area is 188 Å². The minimum Gasteiger partial charge on any atom is -0.482 e. The molecule has 0 aliphatic carbocycles. The summed E-state index contributed by atoms with van der Waals surface area (Å²) in [6, 6.07) is 11.1. The van der Waals surface area contributed by atoms with E-state index in [4.69, 9.17) is 39.5 Å². The molecule has 9 heteroatoms. The van der Waals surface area contributed by atoms with Crippen molar-refractivity contribution >= 4 is 46.9 Å². The molecule has 0 saturated heterocycles. The Bertz CT molecular complexity index is 1110. The number of ether oxygens (including phenoxy) is 1. The molecule has 2 aromatic carbocycles. The van der Waals surface area contributed by atoms with Gasteiger partial charge < -0.3 is 9.30 Å². The van der Waals surface area contributed by atoms with Gasteiger partial charge in [-0.25, -0.2) is 9.82 Å². The molecule has 0 saturated carbocycles. The Balaban J connectivity index is 1.64. The molecule has 0 radical (unpaired) electrons. The number of benzene rings is 2. The highest BCUT2D eigenvalue weighted by molar-refractivity contribution is 6.44. The number of amides is 1.